The van der Waals surface area contributed by atoms with Gasteiger partial charge in [-0.25, -0.2) is 0 Å². The molecule has 3 unspecified atom stereocenters. The minimum absolute atomic E-state index is 0.00115. The summed E-state index contributed by atoms with van der Waals surface area (Å²) in [6.07, 6.45) is 9.07. The van der Waals surface area contributed by atoms with Crippen molar-refractivity contribution in [1.82, 2.24) is 0 Å². The van der Waals surface area contributed by atoms with E-state index in [0.717, 1.165) is 57.8 Å². The highest BCUT2D eigenvalue weighted by atomic mass is 16.5. The Bertz CT molecular complexity index is 427. The normalized spacial score (nSPS) is 28.7. The van der Waals surface area contributed by atoms with Gasteiger partial charge in [0.25, 0.3) is 0 Å². The van der Waals surface area contributed by atoms with Gasteiger partial charge in [0, 0.05) is 0 Å². The van der Waals surface area contributed by atoms with E-state index in [1.807, 2.05) is 13.8 Å². The zero-order valence-electron chi connectivity index (χ0n) is 15.6. The maximum atomic E-state index is 12.2. The van der Waals surface area contributed by atoms with Gasteiger partial charge in [-0.2, -0.15) is 0 Å². The Morgan fingerprint density at radius 2 is 1.88 bits per heavy atom. The second kappa shape index (κ2) is 8.87. The first-order valence-electron chi connectivity index (χ1n) is 9.78. The summed E-state index contributed by atoms with van der Waals surface area (Å²) in [6.45, 7) is 7.24. The number of esters is 2. The van der Waals surface area contributed by atoms with Crippen molar-refractivity contribution in [3.05, 3.63) is 0 Å². The molecule has 138 valence electrons. The second-order valence-electron chi connectivity index (χ2n) is 8.26. The Morgan fingerprint density at radius 1 is 1.17 bits per heavy atom. The molecule has 0 aromatic heterocycles. The molecule has 2 rings (SSSR count). The Hall–Kier alpha value is -1.06. The van der Waals surface area contributed by atoms with Gasteiger partial charge in [0.1, 0.15) is 0 Å². The average molecular weight is 338 g/mol. The second-order valence-corrected chi connectivity index (χ2v) is 8.26. The van der Waals surface area contributed by atoms with E-state index in [2.05, 4.69) is 6.92 Å². The fourth-order valence-electron chi connectivity index (χ4n) is 4.26. The highest BCUT2D eigenvalue weighted by Crippen LogP contribution is 2.44. The predicted octanol–water partition coefficient (Wildman–Crippen LogP) is 4.51. The smallest absolute Gasteiger partial charge is 0.311 e. The fraction of sp³-hybridized carbons (Fsp3) is 0.900. The van der Waals surface area contributed by atoms with E-state index in [1.165, 1.54) is 0 Å². The number of ether oxygens (including phenoxy) is 2. The molecule has 2 saturated carbocycles. The van der Waals surface area contributed by atoms with Crippen molar-refractivity contribution in [3.63, 3.8) is 0 Å². The minimum atomic E-state index is -0.319. The Kier molecular flexibility index (Phi) is 7.12. The molecule has 0 aromatic carbocycles. The molecule has 24 heavy (non-hydrogen) atoms. The maximum absolute atomic E-state index is 12.2. The van der Waals surface area contributed by atoms with Crippen LogP contribution in [0.5, 0.6) is 0 Å². The maximum Gasteiger partial charge on any atom is 0.311 e. The zero-order valence-corrected chi connectivity index (χ0v) is 15.6. The van der Waals surface area contributed by atoms with Crippen molar-refractivity contribution in [2.75, 3.05) is 13.2 Å². The molecule has 0 N–H and O–H groups in total. The Morgan fingerprint density at radius 3 is 2.54 bits per heavy atom. The summed E-state index contributed by atoms with van der Waals surface area (Å²) in [5, 5.41) is 0. The van der Waals surface area contributed by atoms with Gasteiger partial charge in [-0.15, -0.1) is 0 Å². The van der Waals surface area contributed by atoms with Crippen molar-refractivity contribution >= 4 is 11.9 Å². The van der Waals surface area contributed by atoms with Crippen LogP contribution in [0.3, 0.4) is 0 Å². The summed E-state index contributed by atoms with van der Waals surface area (Å²) >= 11 is 0. The van der Waals surface area contributed by atoms with Crippen LogP contribution in [0, 0.1) is 23.2 Å². The van der Waals surface area contributed by atoms with Crippen molar-refractivity contribution in [2.45, 2.75) is 78.6 Å². The monoisotopic (exact) mass is 338 g/mol. The topological polar surface area (TPSA) is 52.6 Å². The molecule has 2 aliphatic carbocycles. The van der Waals surface area contributed by atoms with Gasteiger partial charge in [-0.1, -0.05) is 26.7 Å². The molecular weight excluding hydrogens is 304 g/mol. The lowest BCUT2D eigenvalue weighted by atomic mass is 9.86. The summed E-state index contributed by atoms with van der Waals surface area (Å²) in [5.74, 6) is 0.991. The van der Waals surface area contributed by atoms with Crippen molar-refractivity contribution in [2.24, 2.45) is 23.2 Å². The lowest BCUT2D eigenvalue weighted by Gasteiger charge is -2.23. The van der Waals surface area contributed by atoms with Gasteiger partial charge in [-0.3, -0.25) is 9.59 Å². The first-order chi connectivity index (χ1) is 11.4. The van der Waals surface area contributed by atoms with Crippen LogP contribution in [0.1, 0.15) is 78.6 Å². The number of hydrogen-bond acceptors (Lipinski definition) is 4. The molecule has 4 heteroatoms. The molecule has 0 heterocycles. The predicted molar refractivity (Wildman–Crippen MR) is 93.4 cm³/mol. The quantitative estimate of drug-likeness (QED) is 0.611. The van der Waals surface area contributed by atoms with E-state index in [-0.39, 0.29) is 23.3 Å². The summed E-state index contributed by atoms with van der Waals surface area (Å²) in [6, 6.07) is 0. The molecule has 4 nitrogen and oxygen atoms in total. The summed E-state index contributed by atoms with van der Waals surface area (Å²) in [5.41, 5.74) is -0.319. The standard InChI is InChI=1S/C20H34O4/c1-4-11-23-19(22)20(3)10-9-16(13-20)12-15(2)14-24-18(21)17-7-5-6-8-17/h15-17H,4-14H2,1-3H3. The fourth-order valence-corrected chi connectivity index (χ4v) is 4.26. The lowest BCUT2D eigenvalue weighted by Crippen LogP contribution is -2.27. The van der Waals surface area contributed by atoms with Gasteiger partial charge in [0.05, 0.1) is 24.5 Å². The van der Waals surface area contributed by atoms with Crippen molar-refractivity contribution in [1.29, 1.82) is 0 Å². The minimum Gasteiger partial charge on any atom is -0.465 e. The molecule has 0 aliphatic heterocycles. The molecule has 0 aromatic rings. The van der Waals surface area contributed by atoms with Crippen molar-refractivity contribution in [3.8, 4) is 0 Å². The number of carbonyl (C=O) groups excluding carboxylic acids is 2. The molecule has 0 bridgehead atoms. The van der Waals surface area contributed by atoms with E-state index >= 15 is 0 Å². The van der Waals surface area contributed by atoms with Gasteiger partial charge >= 0.3 is 11.9 Å². The van der Waals surface area contributed by atoms with E-state index in [1.54, 1.807) is 0 Å². The van der Waals surface area contributed by atoms with E-state index in [4.69, 9.17) is 9.47 Å². The molecule has 0 saturated heterocycles. The lowest BCUT2D eigenvalue weighted by molar-refractivity contribution is -0.154. The van der Waals surface area contributed by atoms with Gasteiger partial charge < -0.3 is 9.47 Å². The van der Waals surface area contributed by atoms with Crippen LogP contribution in [0.4, 0.5) is 0 Å². The van der Waals surface area contributed by atoms with E-state index < -0.39 is 0 Å². The Balaban J connectivity index is 1.69. The number of rotatable bonds is 8. The third-order valence-corrected chi connectivity index (χ3v) is 5.71. The third-order valence-electron chi connectivity index (χ3n) is 5.71. The first-order valence-corrected chi connectivity index (χ1v) is 9.78. The summed E-state index contributed by atoms with van der Waals surface area (Å²) in [4.78, 5) is 24.2. The van der Waals surface area contributed by atoms with Crippen LogP contribution in [-0.4, -0.2) is 25.2 Å². The van der Waals surface area contributed by atoms with Crippen LogP contribution in [0.2, 0.25) is 0 Å². The summed E-state index contributed by atoms with van der Waals surface area (Å²) < 4.78 is 10.9. The SMILES string of the molecule is CCCOC(=O)C1(C)CCC(CC(C)COC(=O)C2CCCC2)C1. The number of carbonyl (C=O) groups is 2. The molecular formula is C20H34O4. The van der Waals surface area contributed by atoms with Gasteiger partial charge in [0.2, 0.25) is 0 Å². The van der Waals surface area contributed by atoms with Crippen LogP contribution in [0.15, 0.2) is 0 Å². The van der Waals surface area contributed by atoms with Crippen LogP contribution in [-0.2, 0) is 19.1 Å². The molecule has 3 atom stereocenters. The largest absolute Gasteiger partial charge is 0.465 e. The molecule has 2 fully saturated rings. The first kappa shape index (κ1) is 19.3. The number of hydrogen-bond donors (Lipinski definition) is 0. The van der Waals surface area contributed by atoms with Crippen LogP contribution < -0.4 is 0 Å². The third kappa shape index (κ3) is 5.22. The van der Waals surface area contributed by atoms with Gasteiger partial charge in [0.15, 0.2) is 0 Å². The van der Waals surface area contributed by atoms with Gasteiger partial charge in [-0.05, 0) is 63.7 Å². The zero-order chi connectivity index (χ0) is 17.6. The molecule has 0 radical (unpaired) electrons. The van der Waals surface area contributed by atoms with Crippen molar-refractivity contribution < 1.29 is 19.1 Å². The highest BCUT2D eigenvalue weighted by Gasteiger charge is 2.42. The average Bonchev–Trinajstić information content (AvgIpc) is 3.21. The molecule has 0 amide bonds. The van der Waals surface area contributed by atoms with Crippen LogP contribution in [0.25, 0.3) is 0 Å². The molecule has 2 aliphatic rings. The Labute approximate surface area is 146 Å². The summed E-state index contributed by atoms with van der Waals surface area (Å²) in [7, 11) is 0. The van der Waals surface area contributed by atoms with E-state index in [9.17, 15) is 9.59 Å². The highest BCUT2D eigenvalue weighted by molar-refractivity contribution is 5.76. The molecule has 0 spiro atoms. The van der Waals surface area contributed by atoms with Crippen LogP contribution >= 0.6 is 0 Å². The van der Waals surface area contributed by atoms with E-state index in [0.29, 0.717) is 25.0 Å².